The number of fused-ring (bicyclic) bond motifs is 1. The predicted octanol–water partition coefficient (Wildman–Crippen LogP) is 4.64. The first-order chi connectivity index (χ1) is 18.1. The third kappa shape index (κ3) is 4.97. The molecule has 1 amide bonds. The summed E-state index contributed by atoms with van der Waals surface area (Å²) >= 11 is 0. The molecule has 0 aliphatic carbocycles. The van der Waals surface area contributed by atoms with Crippen LogP contribution in [0.4, 0.5) is 0 Å². The van der Waals surface area contributed by atoms with Crippen molar-refractivity contribution in [2.45, 2.75) is 13.3 Å². The second-order valence-corrected chi connectivity index (χ2v) is 8.40. The molecule has 0 bridgehead atoms. The summed E-state index contributed by atoms with van der Waals surface area (Å²) in [5, 5.41) is 7.81. The number of hydrogen-bond donors (Lipinski definition) is 1. The number of pyridine rings is 3. The van der Waals surface area contributed by atoms with Gasteiger partial charge in [-0.1, -0.05) is 35.5 Å². The quantitative estimate of drug-likeness (QED) is 0.331. The van der Waals surface area contributed by atoms with Gasteiger partial charge in [0.15, 0.2) is 5.75 Å². The number of amides is 1. The Labute approximate surface area is 213 Å². The molecule has 9 nitrogen and oxygen atoms in total. The summed E-state index contributed by atoms with van der Waals surface area (Å²) in [5.41, 5.74) is 5.19. The highest BCUT2D eigenvalue weighted by Crippen LogP contribution is 2.32. The van der Waals surface area contributed by atoms with E-state index in [0.29, 0.717) is 46.9 Å². The molecule has 186 valence electrons. The zero-order chi connectivity index (χ0) is 25.8. The molecule has 0 unspecified atom stereocenters. The van der Waals surface area contributed by atoms with Crippen LogP contribution in [0.2, 0.25) is 0 Å². The van der Waals surface area contributed by atoms with Crippen molar-refractivity contribution in [3.63, 3.8) is 0 Å². The molecule has 4 aromatic heterocycles. The van der Waals surface area contributed by atoms with Crippen LogP contribution in [-0.2, 0) is 6.42 Å². The molecule has 37 heavy (non-hydrogen) atoms. The minimum Gasteiger partial charge on any atom is -0.491 e. The van der Waals surface area contributed by atoms with Crippen LogP contribution in [0.1, 0.15) is 21.6 Å². The first kappa shape index (κ1) is 23.9. The summed E-state index contributed by atoms with van der Waals surface area (Å²) in [4.78, 5) is 26.9. The van der Waals surface area contributed by atoms with Gasteiger partial charge >= 0.3 is 0 Å². The number of aryl methyl sites for hydroxylation is 1. The minimum atomic E-state index is -0.268. The van der Waals surface area contributed by atoms with Gasteiger partial charge in [-0.05, 0) is 36.8 Å². The van der Waals surface area contributed by atoms with Crippen molar-refractivity contribution in [2.75, 3.05) is 20.8 Å². The fourth-order valence-corrected chi connectivity index (χ4v) is 4.07. The van der Waals surface area contributed by atoms with Crippen LogP contribution in [0, 0.1) is 6.92 Å². The molecule has 5 rings (SSSR count). The van der Waals surface area contributed by atoms with Gasteiger partial charge < -0.3 is 19.3 Å². The molecular formula is C28H25N5O4. The summed E-state index contributed by atoms with van der Waals surface area (Å²) < 4.78 is 16.1. The zero-order valence-electron chi connectivity index (χ0n) is 20.7. The van der Waals surface area contributed by atoms with E-state index in [9.17, 15) is 4.79 Å². The highest BCUT2D eigenvalue weighted by atomic mass is 16.5. The Balaban J connectivity index is 1.48. The highest BCUT2D eigenvalue weighted by molar-refractivity contribution is 6.10. The lowest BCUT2D eigenvalue weighted by Gasteiger charge is -2.10. The van der Waals surface area contributed by atoms with E-state index in [2.05, 4.69) is 25.4 Å². The molecule has 0 aliphatic heterocycles. The average Bonchev–Trinajstić information content (AvgIpc) is 3.37. The average molecular weight is 496 g/mol. The number of aromatic nitrogens is 4. The van der Waals surface area contributed by atoms with Crippen molar-refractivity contribution in [3.05, 3.63) is 83.8 Å². The number of carbonyl (C=O) groups is 1. The Hall–Kier alpha value is -4.79. The molecule has 0 saturated carbocycles. The molecule has 0 spiro atoms. The molecule has 0 fully saturated rings. The molecule has 1 N–H and O–H groups in total. The summed E-state index contributed by atoms with van der Waals surface area (Å²) in [5.74, 6) is 0.680. The standard InChI is InChI=1S/C28H25N5O4/c1-17-13-19(16-29-15-17)22-14-21(24-25(33-37-28(24)32-22)18-7-5-4-6-8-18)26(34)30-12-11-20-9-10-23(35-2)27(31-20)36-3/h4-10,13-16H,11-12H2,1-3H3,(H,30,34). The second kappa shape index (κ2) is 10.4. The molecule has 0 saturated heterocycles. The monoisotopic (exact) mass is 495 g/mol. The number of methoxy groups -OCH3 is 2. The highest BCUT2D eigenvalue weighted by Gasteiger charge is 2.22. The normalized spacial score (nSPS) is 10.9. The van der Waals surface area contributed by atoms with Crippen LogP contribution in [0.5, 0.6) is 11.6 Å². The molecule has 0 radical (unpaired) electrons. The minimum absolute atomic E-state index is 0.268. The molecule has 1 aromatic carbocycles. The van der Waals surface area contributed by atoms with Gasteiger partial charge in [-0.15, -0.1) is 0 Å². The fourth-order valence-electron chi connectivity index (χ4n) is 4.07. The molecule has 0 atom stereocenters. The maximum atomic E-state index is 13.5. The Bertz CT molecular complexity index is 1570. The number of nitrogens with one attached hydrogen (secondary N) is 1. The Morgan fingerprint density at radius 1 is 0.973 bits per heavy atom. The first-order valence-electron chi connectivity index (χ1n) is 11.7. The second-order valence-electron chi connectivity index (χ2n) is 8.40. The van der Waals surface area contributed by atoms with E-state index in [-0.39, 0.29) is 11.6 Å². The van der Waals surface area contributed by atoms with Crippen molar-refractivity contribution in [1.82, 2.24) is 25.4 Å². The third-order valence-corrected chi connectivity index (χ3v) is 5.87. The van der Waals surface area contributed by atoms with Crippen molar-refractivity contribution in [1.29, 1.82) is 0 Å². The fraction of sp³-hybridized carbons (Fsp3) is 0.179. The number of benzene rings is 1. The van der Waals surface area contributed by atoms with Gasteiger partial charge in [-0.25, -0.2) is 9.97 Å². The van der Waals surface area contributed by atoms with Crippen LogP contribution in [0.15, 0.2) is 71.5 Å². The van der Waals surface area contributed by atoms with E-state index in [1.165, 1.54) is 7.11 Å². The summed E-state index contributed by atoms with van der Waals surface area (Å²) in [6.07, 6.45) is 3.98. The Morgan fingerprint density at radius 2 is 1.81 bits per heavy atom. The molecular weight excluding hydrogens is 470 g/mol. The van der Waals surface area contributed by atoms with Crippen LogP contribution in [-0.4, -0.2) is 46.8 Å². The number of nitrogens with zero attached hydrogens (tertiary/aromatic N) is 4. The summed E-state index contributed by atoms with van der Waals surface area (Å²) in [7, 11) is 3.10. The maximum Gasteiger partial charge on any atom is 0.259 e. The first-order valence-corrected chi connectivity index (χ1v) is 11.7. The van der Waals surface area contributed by atoms with Gasteiger partial charge in [0.25, 0.3) is 17.5 Å². The number of carbonyl (C=O) groups excluding carboxylic acids is 1. The van der Waals surface area contributed by atoms with Gasteiger partial charge in [0.1, 0.15) is 5.69 Å². The molecule has 0 aliphatic rings. The molecule has 9 heteroatoms. The lowest BCUT2D eigenvalue weighted by Crippen LogP contribution is -2.26. The van der Waals surface area contributed by atoms with E-state index in [1.807, 2.05) is 49.4 Å². The van der Waals surface area contributed by atoms with Gasteiger partial charge in [-0.2, -0.15) is 0 Å². The van der Waals surface area contributed by atoms with E-state index in [4.69, 9.17) is 14.0 Å². The molecule has 5 aromatic rings. The van der Waals surface area contributed by atoms with Gasteiger partial charge in [-0.3, -0.25) is 9.78 Å². The predicted molar refractivity (Wildman–Crippen MR) is 139 cm³/mol. The zero-order valence-corrected chi connectivity index (χ0v) is 20.7. The smallest absolute Gasteiger partial charge is 0.259 e. The van der Waals surface area contributed by atoms with Crippen molar-refractivity contribution >= 4 is 17.0 Å². The number of rotatable bonds is 8. The van der Waals surface area contributed by atoms with Gasteiger partial charge in [0.2, 0.25) is 0 Å². The van der Waals surface area contributed by atoms with Crippen molar-refractivity contribution in [3.8, 4) is 34.1 Å². The largest absolute Gasteiger partial charge is 0.491 e. The lowest BCUT2D eigenvalue weighted by molar-refractivity contribution is 0.0955. The van der Waals surface area contributed by atoms with Crippen molar-refractivity contribution in [2.24, 2.45) is 0 Å². The van der Waals surface area contributed by atoms with Crippen LogP contribution < -0.4 is 14.8 Å². The Morgan fingerprint density at radius 3 is 2.57 bits per heavy atom. The number of hydrogen-bond acceptors (Lipinski definition) is 8. The van der Waals surface area contributed by atoms with Crippen LogP contribution in [0.3, 0.4) is 0 Å². The summed E-state index contributed by atoms with van der Waals surface area (Å²) in [6, 6.07) is 16.9. The van der Waals surface area contributed by atoms with Crippen molar-refractivity contribution < 1.29 is 18.8 Å². The lowest BCUT2D eigenvalue weighted by atomic mass is 10.0. The SMILES string of the molecule is COc1ccc(CCNC(=O)c2cc(-c3cncc(C)c3)nc3onc(-c4ccccc4)c23)nc1OC. The van der Waals surface area contributed by atoms with Gasteiger partial charge in [0, 0.05) is 42.2 Å². The van der Waals surface area contributed by atoms with Crippen LogP contribution in [0.25, 0.3) is 33.6 Å². The topological polar surface area (TPSA) is 112 Å². The van der Waals surface area contributed by atoms with E-state index < -0.39 is 0 Å². The third-order valence-electron chi connectivity index (χ3n) is 5.87. The summed E-state index contributed by atoms with van der Waals surface area (Å²) in [6.45, 7) is 2.31. The van der Waals surface area contributed by atoms with Crippen LogP contribution >= 0.6 is 0 Å². The Kier molecular flexibility index (Phi) is 6.76. The van der Waals surface area contributed by atoms with E-state index in [1.54, 1.807) is 31.6 Å². The van der Waals surface area contributed by atoms with Gasteiger partial charge in [0.05, 0.1) is 30.9 Å². The number of ether oxygens (including phenoxy) is 2. The van der Waals surface area contributed by atoms with E-state index >= 15 is 0 Å². The maximum absolute atomic E-state index is 13.5. The van der Waals surface area contributed by atoms with E-state index in [0.717, 1.165) is 22.4 Å². The molecule has 4 heterocycles.